The Balaban J connectivity index is 1.98. The molecule has 0 unspecified atom stereocenters. The Labute approximate surface area is 144 Å². The quantitative estimate of drug-likeness (QED) is 0.408. The fraction of sp³-hybridized carbons (Fsp3) is 0.0500. The van der Waals surface area contributed by atoms with E-state index in [4.69, 9.17) is 4.74 Å². The number of non-ortho nitro benzene ring substituents is 1. The van der Waals surface area contributed by atoms with Gasteiger partial charge in [0.15, 0.2) is 0 Å². The number of hydrogen-bond donors (Lipinski definition) is 0. The summed E-state index contributed by atoms with van der Waals surface area (Å²) in [6.45, 7) is 0. The number of nitrogens with zero attached hydrogens (tertiary/aromatic N) is 2. The van der Waals surface area contributed by atoms with E-state index in [9.17, 15) is 10.1 Å². The summed E-state index contributed by atoms with van der Waals surface area (Å²) in [4.78, 5) is 15.0. The van der Waals surface area contributed by atoms with Crippen molar-refractivity contribution in [1.82, 2.24) is 4.98 Å². The molecule has 0 N–H and O–H groups in total. The van der Waals surface area contributed by atoms with Gasteiger partial charge in [0, 0.05) is 23.9 Å². The minimum Gasteiger partial charge on any atom is -0.481 e. The monoisotopic (exact) mass is 330 g/mol. The number of benzene rings is 2. The van der Waals surface area contributed by atoms with Crippen LogP contribution in [0.3, 0.4) is 0 Å². The molecular weight excluding hydrogens is 316 g/mol. The first kappa shape index (κ1) is 15.1. The maximum Gasteiger partial charge on any atom is 0.270 e. The van der Waals surface area contributed by atoms with E-state index in [1.54, 1.807) is 25.4 Å². The van der Waals surface area contributed by atoms with Gasteiger partial charge in [-0.3, -0.25) is 10.1 Å². The Morgan fingerprint density at radius 3 is 2.52 bits per heavy atom. The zero-order valence-electron chi connectivity index (χ0n) is 13.5. The molecule has 0 fully saturated rings. The average Bonchev–Trinajstić information content (AvgIpc) is 2.96. The van der Waals surface area contributed by atoms with Crippen LogP contribution in [0.2, 0.25) is 0 Å². The lowest BCUT2D eigenvalue weighted by Gasteiger charge is -2.06. The van der Waals surface area contributed by atoms with Gasteiger partial charge in [-0.25, -0.2) is 4.98 Å². The molecule has 1 aromatic heterocycles. The molecule has 4 rings (SSSR count). The predicted molar refractivity (Wildman–Crippen MR) is 96.3 cm³/mol. The number of ether oxygens (including phenoxy) is 1. The van der Waals surface area contributed by atoms with Gasteiger partial charge in [-0.05, 0) is 52.1 Å². The zero-order valence-corrected chi connectivity index (χ0v) is 13.5. The summed E-state index contributed by atoms with van der Waals surface area (Å²) in [6.07, 6.45) is 3.64. The summed E-state index contributed by atoms with van der Waals surface area (Å²) in [5.74, 6) is 0.520. The summed E-state index contributed by atoms with van der Waals surface area (Å²) < 4.78 is 5.33. The molecule has 3 aromatic rings. The molecule has 0 aliphatic heterocycles. The molecular formula is C20H14N2O3. The van der Waals surface area contributed by atoms with Crippen molar-refractivity contribution in [3.05, 3.63) is 87.6 Å². The molecule has 0 atom stereocenters. The van der Waals surface area contributed by atoms with E-state index in [1.807, 2.05) is 48.5 Å². The SMILES string of the molecule is COc1ncccc1C=C1c2ccccc2-c2ccc([N+](=O)[O-])cc21. The van der Waals surface area contributed by atoms with Crippen molar-refractivity contribution in [2.75, 3.05) is 7.11 Å². The van der Waals surface area contributed by atoms with Crippen molar-refractivity contribution >= 4 is 17.3 Å². The number of nitro benzene ring substituents is 1. The number of nitro groups is 1. The summed E-state index contributed by atoms with van der Waals surface area (Å²) in [6, 6.07) is 16.7. The van der Waals surface area contributed by atoms with Crippen LogP contribution in [0.4, 0.5) is 5.69 Å². The summed E-state index contributed by atoms with van der Waals surface area (Å²) >= 11 is 0. The van der Waals surface area contributed by atoms with Gasteiger partial charge in [-0.1, -0.05) is 24.3 Å². The van der Waals surface area contributed by atoms with Crippen LogP contribution in [0, 0.1) is 10.1 Å². The van der Waals surface area contributed by atoms with E-state index in [-0.39, 0.29) is 10.6 Å². The first-order chi connectivity index (χ1) is 12.2. The highest BCUT2D eigenvalue weighted by molar-refractivity contribution is 6.07. The number of hydrogen-bond acceptors (Lipinski definition) is 4. The van der Waals surface area contributed by atoms with Crippen molar-refractivity contribution in [3.63, 3.8) is 0 Å². The molecule has 1 aliphatic rings. The van der Waals surface area contributed by atoms with Crippen molar-refractivity contribution in [3.8, 4) is 17.0 Å². The van der Waals surface area contributed by atoms with Gasteiger partial charge >= 0.3 is 0 Å². The molecule has 1 aliphatic carbocycles. The Morgan fingerprint density at radius 2 is 1.76 bits per heavy atom. The normalized spacial score (nSPS) is 13.4. The third-order valence-corrected chi connectivity index (χ3v) is 4.31. The summed E-state index contributed by atoms with van der Waals surface area (Å²) in [7, 11) is 1.58. The second kappa shape index (κ2) is 5.87. The van der Waals surface area contributed by atoms with Crippen molar-refractivity contribution < 1.29 is 9.66 Å². The van der Waals surface area contributed by atoms with Crippen LogP contribution in [0.15, 0.2) is 60.8 Å². The Kier molecular flexibility index (Phi) is 3.54. The number of pyridine rings is 1. The van der Waals surface area contributed by atoms with Crippen LogP contribution in [-0.2, 0) is 0 Å². The molecule has 122 valence electrons. The van der Waals surface area contributed by atoms with E-state index in [0.29, 0.717) is 5.88 Å². The molecule has 1 heterocycles. The van der Waals surface area contributed by atoms with E-state index >= 15 is 0 Å². The van der Waals surface area contributed by atoms with E-state index in [0.717, 1.165) is 33.4 Å². The van der Waals surface area contributed by atoms with Gasteiger partial charge in [-0.15, -0.1) is 0 Å². The highest BCUT2D eigenvalue weighted by Crippen LogP contribution is 2.46. The van der Waals surface area contributed by atoms with Crippen LogP contribution in [-0.4, -0.2) is 17.0 Å². The summed E-state index contributed by atoms with van der Waals surface area (Å²) in [5.41, 5.74) is 5.80. The minimum atomic E-state index is -0.370. The molecule has 0 bridgehead atoms. The van der Waals surface area contributed by atoms with Crippen LogP contribution in [0.5, 0.6) is 5.88 Å². The second-order valence-electron chi connectivity index (χ2n) is 5.69. The maximum atomic E-state index is 11.2. The zero-order chi connectivity index (χ0) is 17.4. The first-order valence-electron chi connectivity index (χ1n) is 7.78. The Bertz CT molecular complexity index is 1020. The van der Waals surface area contributed by atoms with Crippen molar-refractivity contribution in [2.45, 2.75) is 0 Å². The lowest BCUT2D eigenvalue weighted by Crippen LogP contribution is -1.92. The molecule has 0 amide bonds. The summed E-state index contributed by atoms with van der Waals surface area (Å²) in [5, 5.41) is 11.2. The fourth-order valence-electron chi connectivity index (χ4n) is 3.20. The van der Waals surface area contributed by atoms with Crippen LogP contribution >= 0.6 is 0 Å². The van der Waals surface area contributed by atoms with E-state index in [1.165, 1.54) is 0 Å². The van der Waals surface area contributed by atoms with Crippen LogP contribution in [0.25, 0.3) is 22.8 Å². The molecule has 25 heavy (non-hydrogen) atoms. The van der Waals surface area contributed by atoms with Gasteiger partial charge in [-0.2, -0.15) is 0 Å². The fourth-order valence-corrected chi connectivity index (χ4v) is 3.20. The maximum absolute atomic E-state index is 11.2. The van der Waals surface area contributed by atoms with Gasteiger partial charge in [0.2, 0.25) is 5.88 Å². The van der Waals surface area contributed by atoms with Gasteiger partial charge in [0.05, 0.1) is 12.0 Å². The number of methoxy groups -OCH3 is 1. The van der Waals surface area contributed by atoms with Crippen molar-refractivity contribution in [1.29, 1.82) is 0 Å². The van der Waals surface area contributed by atoms with E-state index in [2.05, 4.69) is 4.98 Å². The third kappa shape index (κ3) is 2.46. The smallest absolute Gasteiger partial charge is 0.270 e. The van der Waals surface area contributed by atoms with Gasteiger partial charge < -0.3 is 4.74 Å². The highest BCUT2D eigenvalue weighted by atomic mass is 16.6. The highest BCUT2D eigenvalue weighted by Gasteiger charge is 2.25. The van der Waals surface area contributed by atoms with E-state index < -0.39 is 0 Å². The molecule has 2 aromatic carbocycles. The predicted octanol–water partition coefficient (Wildman–Crippen LogP) is 4.57. The average molecular weight is 330 g/mol. The third-order valence-electron chi connectivity index (χ3n) is 4.31. The Morgan fingerprint density at radius 1 is 1.00 bits per heavy atom. The molecule has 0 radical (unpaired) electrons. The van der Waals surface area contributed by atoms with Crippen molar-refractivity contribution in [2.24, 2.45) is 0 Å². The molecule has 0 saturated carbocycles. The van der Waals surface area contributed by atoms with Crippen LogP contribution in [0.1, 0.15) is 16.7 Å². The number of aromatic nitrogens is 1. The van der Waals surface area contributed by atoms with Crippen LogP contribution < -0.4 is 4.74 Å². The Hall–Kier alpha value is -3.47. The lowest BCUT2D eigenvalue weighted by atomic mass is 10.0. The number of fused-ring (bicyclic) bond motifs is 3. The lowest BCUT2D eigenvalue weighted by molar-refractivity contribution is -0.384. The molecule has 5 nitrogen and oxygen atoms in total. The van der Waals surface area contributed by atoms with Gasteiger partial charge in [0.25, 0.3) is 5.69 Å². The topological polar surface area (TPSA) is 65.3 Å². The second-order valence-corrected chi connectivity index (χ2v) is 5.69. The standard InChI is InChI=1S/C20H14N2O3/c1-25-20-13(5-4-10-21-20)11-18-16-7-3-2-6-15(16)17-9-8-14(22(23)24)12-19(17)18/h2-12H,1H3. The minimum absolute atomic E-state index is 0.0793. The largest absolute Gasteiger partial charge is 0.481 e. The molecule has 0 spiro atoms. The molecule has 5 heteroatoms. The number of rotatable bonds is 3. The first-order valence-corrected chi connectivity index (χ1v) is 7.78. The van der Waals surface area contributed by atoms with Gasteiger partial charge in [0.1, 0.15) is 0 Å². The molecule has 0 saturated heterocycles.